The van der Waals surface area contributed by atoms with Crippen molar-refractivity contribution in [2.75, 3.05) is 0 Å². The zero-order chi connectivity index (χ0) is 8.36. The van der Waals surface area contributed by atoms with Crippen molar-refractivity contribution in [3.8, 4) is 0 Å². The van der Waals surface area contributed by atoms with Crippen LogP contribution in [0.2, 0.25) is 0 Å². The number of carbonyl (C=O) groups excluding carboxylic acids is 1. The van der Waals surface area contributed by atoms with Crippen LogP contribution in [0.25, 0.3) is 0 Å². The zero-order valence-electron chi connectivity index (χ0n) is 4.81. The van der Waals surface area contributed by atoms with Gasteiger partial charge in [-0.2, -0.15) is 8.42 Å². The molecule has 10 heavy (non-hydrogen) atoms. The highest BCUT2D eigenvalue weighted by Gasteiger charge is 2.18. The highest BCUT2D eigenvalue weighted by molar-refractivity contribution is 7.90. The van der Waals surface area contributed by atoms with Crippen LogP contribution in [0, 0.1) is 0 Å². The second-order valence-electron chi connectivity index (χ2n) is 1.37. The molecule has 0 saturated carbocycles. The highest BCUT2D eigenvalue weighted by atomic mass is 32.2. The van der Waals surface area contributed by atoms with Gasteiger partial charge in [-0.25, -0.2) is 0 Å². The Hall–Kier alpha value is -1.08. The van der Waals surface area contributed by atoms with Crippen LogP contribution in [0.1, 0.15) is 0 Å². The van der Waals surface area contributed by atoms with Gasteiger partial charge >= 0.3 is 10.1 Å². The molecule has 0 aliphatic carbocycles. The number of hydrogen-bond donors (Lipinski definition) is 3. The van der Waals surface area contributed by atoms with E-state index in [4.69, 9.17) is 4.55 Å². The predicted molar refractivity (Wildman–Crippen MR) is 33.0 cm³/mol. The fourth-order valence-electron chi connectivity index (χ4n) is 0.295. The number of primary amides is 1. The molecule has 5 N–H and O–H groups in total. The van der Waals surface area contributed by atoms with E-state index < -0.39 is 20.9 Å². The molecule has 0 aliphatic heterocycles. The fourth-order valence-corrected chi connectivity index (χ4v) is 0.721. The molecule has 7 heteroatoms. The molecule has 0 heterocycles. The lowest BCUT2D eigenvalue weighted by molar-refractivity contribution is -0.114. The van der Waals surface area contributed by atoms with E-state index in [1.807, 2.05) is 0 Å². The summed E-state index contributed by atoms with van der Waals surface area (Å²) in [5.74, 6) is -1.29. The van der Waals surface area contributed by atoms with E-state index in [9.17, 15) is 13.2 Å². The van der Waals surface area contributed by atoms with Gasteiger partial charge in [0.2, 0.25) is 0 Å². The van der Waals surface area contributed by atoms with Crippen molar-refractivity contribution in [1.82, 2.24) is 0 Å². The molecule has 0 aliphatic rings. The lowest BCUT2D eigenvalue weighted by Crippen LogP contribution is -2.21. The Balaban J connectivity index is 4.95. The summed E-state index contributed by atoms with van der Waals surface area (Å²) in [7, 11) is -4.55. The summed E-state index contributed by atoms with van der Waals surface area (Å²) in [6.07, 6.45) is 0.428. The predicted octanol–water partition coefficient (Wildman–Crippen LogP) is -1.84. The summed E-state index contributed by atoms with van der Waals surface area (Å²) in [6.45, 7) is 0. The summed E-state index contributed by atoms with van der Waals surface area (Å²) in [6, 6.07) is 0. The first-order valence-electron chi connectivity index (χ1n) is 2.08. The molecule has 6 nitrogen and oxygen atoms in total. The van der Waals surface area contributed by atoms with Gasteiger partial charge in [-0.15, -0.1) is 0 Å². The van der Waals surface area contributed by atoms with Crippen LogP contribution in [-0.2, 0) is 14.9 Å². The first kappa shape index (κ1) is 8.92. The topological polar surface area (TPSA) is 123 Å². The van der Waals surface area contributed by atoms with Crippen molar-refractivity contribution < 1.29 is 17.8 Å². The molecule has 0 aromatic carbocycles. The first-order valence-corrected chi connectivity index (χ1v) is 3.52. The van der Waals surface area contributed by atoms with Crippen LogP contribution < -0.4 is 11.5 Å². The molecule has 0 radical (unpaired) electrons. The molecule has 0 unspecified atom stereocenters. The molecule has 0 saturated heterocycles. The summed E-state index contributed by atoms with van der Waals surface area (Å²) in [4.78, 5) is 9.11. The fraction of sp³-hybridized carbons (Fsp3) is 0. The zero-order valence-corrected chi connectivity index (χ0v) is 5.63. The van der Waals surface area contributed by atoms with Gasteiger partial charge in [0.25, 0.3) is 5.91 Å². The molecule has 58 valence electrons. The minimum Gasteiger partial charge on any atom is -0.403 e. The maximum Gasteiger partial charge on any atom is 0.301 e. The van der Waals surface area contributed by atoms with Crippen molar-refractivity contribution in [1.29, 1.82) is 0 Å². The molecule has 0 spiro atoms. The van der Waals surface area contributed by atoms with Crippen molar-refractivity contribution >= 4 is 16.0 Å². The third-order valence-electron chi connectivity index (χ3n) is 0.672. The number of rotatable bonds is 2. The Kier molecular flexibility index (Phi) is 2.38. The molecular formula is C3H6N2O4S. The van der Waals surface area contributed by atoms with Crippen molar-refractivity contribution in [3.63, 3.8) is 0 Å². The Morgan fingerprint density at radius 2 is 1.90 bits per heavy atom. The van der Waals surface area contributed by atoms with Crippen molar-refractivity contribution in [3.05, 3.63) is 11.1 Å². The van der Waals surface area contributed by atoms with E-state index in [0.29, 0.717) is 6.20 Å². The third kappa shape index (κ3) is 2.03. The van der Waals surface area contributed by atoms with Crippen LogP contribution in [0.5, 0.6) is 0 Å². The summed E-state index contributed by atoms with van der Waals surface area (Å²) < 4.78 is 28.4. The molecular weight excluding hydrogens is 160 g/mol. The van der Waals surface area contributed by atoms with Crippen LogP contribution in [0.3, 0.4) is 0 Å². The minimum absolute atomic E-state index is 0.428. The van der Waals surface area contributed by atoms with Gasteiger partial charge in [-0.05, 0) is 0 Å². The lowest BCUT2D eigenvalue weighted by Gasteiger charge is -1.94. The van der Waals surface area contributed by atoms with E-state index in [1.165, 1.54) is 0 Å². The van der Waals surface area contributed by atoms with E-state index >= 15 is 0 Å². The monoisotopic (exact) mass is 166 g/mol. The van der Waals surface area contributed by atoms with E-state index in [-0.39, 0.29) is 0 Å². The van der Waals surface area contributed by atoms with E-state index in [0.717, 1.165) is 0 Å². The van der Waals surface area contributed by atoms with Crippen molar-refractivity contribution in [2.24, 2.45) is 11.5 Å². The van der Waals surface area contributed by atoms with Gasteiger partial charge in [0.15, 0.2) is 4.91 Å². The van der Waals surface area contributed by atoms with Crippen LogP contribution in [0.15, 0.2) is 11.1 Å². The Bertz CT molecular complexity index is 264. The van der Waals surface area contributed by atoms with E-state index in [1.54, 1.807) is 0 Å². The number of amides is 1. The number of carbonyl (C=O) groups is 1. The van der Waals surface area contributed by atoms with Crippen LogP contribution in [-0.4, -0.2) is 18.9 Å². The highest BCUT2D eigenvalue weighted by Crippen LogP contribution is 1.99. The number of hydrogen-bond acceptors (Lipinski definition) is 4. The van der Waals surface area contributed by atoms with Gasteiger partial charge in [0, 0.05) is 6.20 Å². The largest absolute Gasteiger partial charge is 0.403 e. The second kappa shape index (κ2) is 2.67. The van der Waals surface area contributed by atoms with Crippen LogP contribution in [0.4, 0.5) is 0 Å². The molecule has 0 fully saturated rings. The van der Waals surface area contributed by atoms with Crippen LogP contribution >= 0.6 is 0 Å². The standard InChI is InChI=1S/C3H6N2O4S/c4-1-2(3(5)6)10(7,8)9/h1H,4H2,(H2,5,6)(H,7,8,9). The molecule has 0 bridgehead atoms. The Morgan fingerprint density at radius 1 is 1.50 bits per heavy atom. The molecule has 1 amide bonds. The maximum atomic E-state index is 10.1. The van der Waals surface area contributed by atoms with Gasteiger partial charge in [-0.3, -0.25) is 9.35 Å². The average molecular weight is 166 g/mol. The van der Waals surface area contributed by atoms with Gasteiger partial charge < -0.3 is 11.5 Å². The van der Waals surface area contributed by atoms with E-state index in [2.05, 4.69) is 11.5 Å². The molecule has 0 aromatic heterocycles. The lowest BCUT2D eigenvalue weighted by atomic mass is 10.6. The van der Waals surface area contributed by atoms with Gasteiger partial charge in [0.05, 0.1) is 0 Å². The summed E-state index contributed by atoms with van der Waals surface area (Å²) >= 11 is 0. The first-order chi connectivity index (χ1) is 4.39. The minimum atomic E-state index is -4.55. The second-order valence-corrected chi connectivity index (χ2v) is 2.76. The number of nitrogens with two attached hydrogens (primary N) is 2. The quantitative estimate of drug-likeness (QED) is 0.328. The van der Waals surface area contributed by atoms with Gasteiger partial charge in [-0.1, -0.05) is 0 Å². The third-order valence-corrected chi connectivity index (χ3v) is 1.57. The normalized spacial score (nSPS) is 13.1. The SMILES string of the molecule is NC=C(C(N)=O)S(=O)(=O)O. The summed E-state index contributed by atoms with van der Waals surface area (Å²) in [5.41, 5.74) is 9.16. The summed E-state index contributed by atoms with van der Waals surface area (Å²) in [5, 5.41) is 0. The molecule has 0 atom stereocenters. The van der Waals surface area contributed by atoms with Gasteiger partial charge in [0.1, 0.15) is 0 Å². The smallest absolute Gasteiger partial charge is 0.301 e. The Labute approximate surface area is 57.2 Å². The molecule has 0 rings (SSSR count). The molecule has 0 aromatic rings. The Morgan fingerprint density at radius 3 is 1.90 bits per heavy atom. The average Bonchev–Trinajstić information content (AvgIpc) is 1.60. The maximum absolute atomic E-state index is 10.1. The van der Waals surface area contributed by atoms with Crippen molar-refractivity contribution in [2.45, 2.75) is 0 Å².